The molecule has 2 bridgehead atoms. The number of hydrogen-bond acceptors (Lipinski definition) is 4. The van der Waals surface area contributed by atoms with Gasteiger partial charge in [-0.3, -0.25) is 9.59 Å². The van der Waals surface area contributed by atoms with Gasteiger partial charge < -0.3 is 19.6 Å². The zero-order valence-corrected chi connectivity index (χ0v) is 15.2. The zero-order valence-electron chi connectivity index (χ0n) is 15.2. The molecule has 3 atom stereocenters. The van der Waals surface area contributed by atoms with E-state index in [1.807, 2.05) is 30.3 Å². The molecule has 2 aromatic rings. The lowest BCUT2D eigenvalue weighted by molar-refractivity contribution is -0.157. The number of esters is 1. The quantitative estimate of drug-likeness (QED) is 0.787. The number of hydrogen-bond donors (Lipinski definition) is 2. The largest absolute Gasteiger partial charge is 0.465 e. The standard InChI is InChI=1S/C20H23N3O4/c1-2-27-18(25)20(10-13-6-4-3-5-7-13)11-14-8-9-16(20)23(14)17(24)15-12-21-19(26)22-15/h3-7,12,14,16H,2,8-11H2,1H3,(H2,21,22,26)/t14-,16+,20+/m1/s1. The molecule has 0 radical (unpaired) electrons. The van der Waals surface area contributed by atoms with Crippen LogP contribution in [0.1, 0.15) is 42.2 Å². The van der Waals surface area contributed by atoms with Crippen LogP contribution in [-0.4, -0.2) is 45.4 Å². The maximum Gasteiger partial charge on any atom is 0.323 e. The molecule has 27 heavy (non-hydrogen) atoms. The molecule has 0 spiro atoms. The van der Waals surface area contributed by atoms with Crippen LogP contribution in [0.3, 0.4) is 0 Å². The number of aromatic amines is 2. The average molecular weight is 369 g/mol. The van der Waals surface area contributed by atoms with Gasteiger partial charge in [-0.1, -0.05) is 30.3 Å². The van der Waals surface area contributed by atoms with E-state index in [0.717, 1.165) is 18.4 Å². The molecule has 1 aromatic heterocycles. The molecule has 1 aromatic carbocycles. The molecule has 2 saturated heterocycles. The minimum absolute atomic E-state index is 0.0194. The number of rotatable bonds is 5. The Hall–Kier alpha value is -2.83. The summed E-state index contributed by atoms with van der Waals surface area (Å²) in [5, 5.41) is 0. The van der Waals surface area contributed by atoms with Gasteiger partial charge in [0.2, 0.25) is 0 Å². The fourth-order valence-corrected chi connectivity index (χ4v) is 4.79. The number of carbonyl (C=O) groups is 2. The fraction of sp³-hybridized carbons (Fsp3) is 0.450. The highest BCUT2D eigenvalue weighted by molar-refractivity contribution is 5.94. The molecule has 142 valence electrons. The van der Waals surface area contributed by atoms with E-state index in [9.17, 15) is 14.4 Å². The predicted octanol–water partition coefficient (Wildman–Crippen LogP) is 1.87. The van der Waals surface area contributed by atoms with Crippen LogP contribution in [0.4, 0.5) is 0 Å². The van der Waals surface area contributed by atoms with Crippen LogP contribution in [-0.2, 0) is 16.0 Å². The van der Waals surface area contributed by atoms with Crippen molar-refractivity contribution in [2.24, 2.45) is 5.41 Å². The lowest BCUT2D eigenvalue weighted by Crippen LogP contribution is -2.47. The van der Waals surface area contributed by atoms with Crippen LogP contribution >= 0.6 is 0 Å². The van der Waals surface area contributed by atoms with Crippen LogP contribution in [0.15, 0.2) is 41.3 Å². The Morgan fingerprint density at radius 3 is 2.70 bits per heavy atom. The molecule has 3 heterocycles. The highest BCUT2D eigenvalue weighted by Crippen LogP contribution is 2.52. The van der Waals surface area contributed by atoms with Crippen LogP contribution in [0, 0.1) is 5.41 Å². The van der Waals surface area contributed by atoms with Crippen molar-refractivity contribution in [3.63, 3.8) is 0 Å². The molecule has 2 aliphatic heterocycles. The second kappa shape index (κ2) is 6.72. The molecular formula is C20H23N3O4. The number of amides is 1. The van der Waals surface area contributed by atoms with Gasteiger partial charge in [0.05, 0.1) is 12.0 Å². The molecule has 0 aliphatic carbocycles. The third kappa shape index (κ3) is 2.87. The lowest BCUT2D eigenvalue weighted by Gasteiger charge is -2.35. The number of nitrogens with zero attached hydrogens (tertiary/aromatic N) is 1. The van der Waals surface area contributed by atoms with Gasteiger partial charge in [-0.2, -0.15) is 0 Å². The number of benzene rings is 1. The van der Waals surface area contributed by atoms with Crippen molar-refractivity contribution in [2.75, 3.05) is 6.61 Å². The summed E-state index contributed by atoms with van der Waals surface area (Å²) in [5.41, 5.74) is 0.134. The van der Waals surface area contributed by atoms with Crippen molar-refractivity contribution in [1.29, 1.82) is 0 Å². The summed E-state index contributed by atoms with van der Waals surface area (Å²) in [6, 6.07) is 9.61. The Morgan fingerprint density at radius 2 is 2.04 bits per heavy atom. The number of carbonyl (C=O) groups excluding carboxylic acids is 2. The average Bonchev–Trinajstić information content (AvgIpc) is 3.36. The summed E-state index contributed by atoms with van der Waals surface area (Å²) in [4.78, 5) is 44.3. The monoisotopic (exact) mass is 369 g/mol. The molecule has 1 amide bonds. The van der Waals surface area contributed by atoms with Gasteiger partial charge in [-0.05, 0) is 38.2 Å². The Kier molecular flexibility index (Phi) is 4.37. The molecule has 2 N–H and O–H groups in total. The number of ether oxygens (including phenoxy) is 1. The first-order chi connectivity index (χ1) is 13.0. The van der Waals surface area contributed by atoms with E-state index < -0.39 is 11.1 Å². The molecule has 0 saturated carbocycles. The minimum Gasteiger partial charge on any atom is -0.465 e. The van der Waals surface area contributed by atoms with Gasteiger partial charge in [-0.15, -0.1) is 0 Å². The van der Waals surface area contributed by atoms with Crippen LogP contribution < -0.4 is 5.69 Å². The summed E-state index contributed by atoms with van der Waals surface area (Å²) in [6.07, 6.45) is 4.15. The normalized spacial score (nSPS) is 26.3. The molecule has 7 nitrogen and oxygen atoms in total. The topological polar surface area (TPSA) is 95.3 Å². The van der Waals surface area contributed by atoms with E-state index in [4.69, 9.17) is 4.74 Å². The third-order valence-corrected chi connectivity index (χ3v) is 5.85. The van der Waals surface area contributed by atoms with E-state index in [1.54, 1.807) is 11.8 Å². The number of fused-ring (bicyclic) bond motifs is 2. The fourth-order valence-electron chi connectivity index (χ4n) is 4.79. The van der Waals surface area contributed by atoms with Crippen molar-refractivity contribution in [3.05, 3.63) is 58.3 Å². The first kappa shape index (κ1) is 17.6. The third-order valence-electron chi connectivity index (χ3n) is 5.85. The van der Waals surface area contributed by atoms with E-state index in [1.165, 1.54) is 6.20 Å². The van der Waals surface area contributed by atoms with E-state index >= 15 is 0 Å². The van der Waals surface area contributed by atoms with Crippen molar-refractivity contribution in [2.45, 2.75) is 44.7 Å². The molecule has 2 aliphatic rings. The minimum atomic E-state index is -0.744. The maximum absolute atomic E-state index is 13.0. The highest BCUT2D eigenvalue weighted by Gasteiger charge is 2.62. The van der Waals surface area contributed by atoms with Crippen LogP contribution in [0.25, 0.3) is 0 Å². The summed E-state index contributed by atoms with van der Waals surface area (Å²) in [5.74, 6) is -0.471. The van der Waals surface area contributed by atoms with Crippen molar-refractivity contribution in [1.82, 2.24) is 14.9 Å². The number of imidazole rings is 1. The van der Waals surface area contributed by atoms with Crippen LogP contribution in [0.2, 0.25) is 0 Å². The first-order valence-electron chi connectivity index (χ1n) is 9.36. The van der Waals surface area contributed by atoms with E-state index in [2.05, 4.69) is 9.97 Å². The second-order valence-electron chi connectivity index (χ2n) is 7.36. The Balaban J connectivity index is 1.69. The smallest absolute Gasteiger partial charge is 0.323 e. The summed E-state index contributed by atoms with van der Waals surface area (Å²) < 4.78 is 5.45. The lowest BCUT2D eigenvalue weighted by atomic mass is 9.70. The SMILES string of the molecule is CCOC(=O)[C@@]1(Cc2ccccc2)C[C@H]2CC[C@@H]1N2C(=O)c1c[nH]c(=O)[nH]1. The van der Waals surface area contributed by atoms with Crippen LogP contribution in [0.5, 0.6) is 0 Å². The molecular weight excluding hydrogens is 346 g/mol. The van der Waals surface area contributed by atoms with Gasteiger partial charge in [0.1, 0.15) is 5.69 Å². The number of H-pyrrole nitrogens is 2. The highest BCUT2D eigenvalue weighted by atomic mass is 16.5. The molecule has 2 fully saturated rings. The molecule has 0 unspecified atom stereocenters. The number of nitrogens with one attached hydrogen (secondary N) is 2. The van der Waals surface area contributed by atoms with Crippen molar-refractivity contribution < 1.29 is 14.3 Å². The summed E-state index contributed by atoms with van der Waals surface area (Å²) >= 11 is 0. The molecule has 7 heteroatoms. The van der Waals surface area contributed by atoms with Gasteiger partial charge >= 0.3 is 11.7 Å². The van der Waals surface area contributed by atoms with Gasteiger partial charge in [0.25, 0.3) is 5.91 Å². The second-order valence-corrected chi connectivity index (χ2v) is 7.36. The Labute approximate surface area is 156 Å². The molecule has 4 rings (SSSR count). The predicted molar refractivity (Wildman–Crippen MR) is 98.2 cm³/mol. The number of aromatic nitrogens is 2. The van der Waals surface area contributed by atoms with E-state index in [0.29, 0.717) is 19.4 Å². The Bertz CT molecular complexity index is 903. The van der Waals surface area contributed by atoms with Crippen molar-refractivity contribution >= 4 is 11.9 Å². The Morgan fingerprint density at radius 1 is 1.26 bits per heavy atom. The van der Waals surface area contributed by atoms with E-state index in [-0.39, 0.29) is 29.7 Å². The van der Waals surface area contributed by atoms with Gasteiger partial charge in [0.15, 0.2) is 0 Å². The maximum atomic E-state index is 13.0. The van der Waals surface area contributed by atoms with Gasteiger partial charge in [0, 0.05) is 18.3 Å². The summed E-state index contributed by atoms with van der Waals surface area (Å²) in [6.45, 7) is 2.11. The van der Waals surface area contributed by atoms with Gasteiger partial charge in [-0.25, -0.2) is 4.79 Å². The zero-order chi connectivity index (χ0) is 19.0. The first-order valence-corrected chi connectivity index (χ1v) is 9.36. The van der Waals surface area contributed by atoms with Crippen molar-refractivity contribution in [3.8, 4) is 0 Å². The summed E-state index contributed by atoms with van der Waals surface area (Å²) in [7, 11) is 0.